The maximum absolute atomic E-state index is 4.47. The van der Waals surface area contributed by atoms with Crippen LogP contribution in [-0.2, 0) is 0 Å². The molecule has 3 heteroatoms. The number of hydrogen-bond donors (Lipinski definition) is 0. The maximum atomic E-state index is 4.47. The molecule has 3 heterocycles. The van der Waals surface area contributed by atoms with Crippen LogP contribution >= 0.6 is 0 Å². The SMILES string of the molecule is CC1CCN(CC2CCN(c3ccccn3)CC2)CC1.CCC.CCC. The van der Waals surface area contributed by atoms with Crippen LogP contribution in [0.2, 0.25) is 0 Å². The first kappa shape index (κ1) is 23.0. The van der Waals surface area contributed by atoms with Gasteiger partial charge in [0.1, 0.15) is 5.82 Å². The number of pyridine rings is 1. The van der Waals surface area contributed by atoms with Crippen molar-refractivity contribution in [1.82, 2.24) is 9.88 Å². The molecule has 0 amide bonds. The lowest BCUT2D eigenvalue weighted by Crippen LogP contribution is -2.41. The van der Waals surface area contributed by atoms with Gasteiger partial charge in [-0.2, -0.15) is 0 Å². The number of likely N-dealkylation sites (tertiary alicyclic amines) is 1. The van der Waals surface area contributed by atoms with Crippen molar-refractivity contribution in [2.45, 2.75) is 73.1 Å². The van der Waals surface area contributed by atoms with Gasteiger partial charge in [0.05, 0.1) is 0 Å². The summed E-state index contributed by atoms with van der Waals surface area (Å²) in [6.45, 7) is 17.2. The molecule has 0 aliphatic carbocycles. The predicted octanol–water partition coefficient (Wildman–Crippen LogP) is 5.86. The molecule has 2 saturated heterocycles. The zero-order valence-corrected chi connectivity index (χ0v) is 18.1. The Hall–Kier alpha value is -1.09. The van der Waals surface area contributed by atoms with E-state index in [0.717, 1.165) is 17.7 Å². The number of piperidine rings is 2. The number of anilines is 1. The van der Waals surface area contributed by atoms with Gasteiger partial charge in [-0.3, -0.25) is 0 Å². The highest BCUT2D eigenvalue weighted by Crippen LogP contribution is 2.24. The first-order valence-corrected chi connectivity index (χ1v) is 11.0. The van der Waals surface area contributed by atoms with Gasteiger partial charge in [0.15, 0.2) is 0 Å². The summed E-state index contributed by atoms with van der Waals surface area (Å²) in [7, 11) is 0. The van der Waals surface area contributed by atoms with Crippen molar-refractivity contribution < 1.29 is 0 Å². The summed E-state index contributed by atoms with van der Waals surface area (Å²) in [5, 5.41) is 0. The standard InChI is InChI=1S/C17H27N3.2C3H8/c1-15-5-10-19(11-6-15)14-16-7-12-20(13-8-16)17-4-2-3-9-18-17;2*1-3-2/h2-4,9,15-16H,5-8,10-14H2,1H3;2*3H2,1-2H3. The zero-order valence-electron chi connectivity index (χ0n) is 18.1. The molecule has 0 N–H and O–H groups in total. The Morgan fingerprint density at radius 1 is 0.885 bits per heavy atom. The maximum Gasteiger partial charge on any atom is 0.128 e. The van der Waals surface area contributed by atoms with Crippen LogP contribution in [0.25, 0.3) is 0 Å². The Kier molecular flexibility index (Phi) is 12.4. The second-order valence-electron chi connectivity index (χ2n) is 8.02. The van der Waals surface area contributed by atoms with E-state index in [4.69, 9.17) is 0 Å². The average molecular weight is 362 g/mol. The van der Waals surface area contributed by atoms with Crippen LogP contribution in [0.3, 0.4) is 0 Å². The largest absolute Gasteiger partial charge is 0.357 e. The fourth-order valence-corrected chi connectivity index (χ4v) is 3.50. The molecule has 0 bridgehead atoms. The molecule has 3 nitrogen and oxygen atoms in total. The second kappa shape index (κ2) is 14.0. The van der Waals surface area contributed by atoms with Gasteiger partial charge in [-0.1, -0.05) is 53.5 Å². The first-order valence-electron chi connectivity index (χ1n) is 11.0. The summed E-state index contributed by atoms with van der Waals surface area (Å²) in [5.41, 5.74) is 0. The van der Waals surface area contributed by atoms with Crippen LogP contribution in [0, 0.1) is 11.8 Å². The van der Waals surface area contributed by atoms with Crippen LogP contribution in [0.5, 0.6) is 0 Å². The van der Waals surface area contributed by atoms with Crippen molar-refractivity contribution in [2.75, 3.05) is 37.6 Å². The van der Waals surface area contributed by atoms with Gasteiger partial charge in [0.25, 0.3) is 0 Å². The molecule has 0 spiro atoms. The van der Waals surface area contributed by atoms with Crippen molar-refractivity contribution in [3.8, 4) is 0 Å². The van der Waals surface area contributed by atoms with E-state index in [1.807, 2.05) is 12.3 Å². The minimum atomic E-state index is 0.892. The summed E-state index contributed by atoms with van der Waals surface area (Å²) >= 11 is 0. The number of hydrogen-bond acceptors (Lipinski definition) is 3. The fourth-order valence-electron chi connectivity index (χ4n) is 3.50. The highest BCUT2D eigenvalue weighted by atomic mass is 15.2. The quantitative estimate of drug-likeness (QED) is 0.672. The molecule has 3 rings (SSSR count). The lowest BCUT2D eigenvalue weighted by atomic mass is 9.93. The Morgan fingerprint density at radius 3 is 1.96 bits per heavy atom. The first-order chi connectivity index (χ1) is 12.6. The summed E-state index contributed by atoms with van der Waals surface area (Å²) < 4.78 is 0. The minimum Gasteiger partial charge on any atom is -0.357 e. The summed E-state index contributed by atoms with van der Waals surface area (Å²) in [5.74, 6) is 2.98. The van der Waals surface area contributed by atoms with E-state index in [0.29, 0.717) is 0 Å². The molecule has 0 saturated carbocycles. The Bertz CT molecular complexity index is 416. The molecule has 26 heavy (non-hydrogen) atoms. The van der Waals surface area contributed by atoms with Crippen LogP contribution in [0.1, 0.15) is 73.1 Å². The molecule has 150 valence electrons. The average Bonchev–Trinajstić information content (AvgIpc) is 2.66. The van der Waals surface area contributed by atoms with E-state index in [1.165, 1.54) is 71.2 Å². The van der Waals surface area contributed by atoms with Gasteiger partial charge in [-0.05, 0) is 62.7 Å². The van der Waals surface area contributed by atoms with E-state index in [-0.39, 0.29) is 0 Å². The van der Waals surface area contributed by atoms with E-state index >= 15 is 0 Å². The highest BCUT2D eigenvalue weighted by Gasteiger charge is 2.23. The lowest BCUT2D eigenvalue weighted by molar-refractivity contribution is 0.156. The van der Waals surface area contributed by atoms with Gasteiger partial charge in [0.2, 0.25) is 0 Å². The van der Waals surface area contributed by atoms with E-state index < -0.39 is 0 Å². The van der Waals surface area contributed by atoms with Gasteiger partial charge in [0, 0.05) is 25.8 Å². The highest BCUT2D eigenvalue weighted by molar-refractivity contribution is 5.37. The third-order valence-corrected chi connectivity index (χ3v) is 4.98. The molecule has 1 aromatic rings. The van der Waals surface area contributed by atoms with Crippen LogP contribution in [0.4, 0.5) is 5.82 Å². The minimum absolute atomic E-state index is 0.892. The molecule has 0 unspecified atom stereocenters. The summed E-state index contributed by atoms with van der Waals surface area (Å²) in [6.07, 6.45) is 9.83. The molecular formula is C23H43N3. The summed E-state index contributed by atoms with van der Waals surface area (Å²) in [4.78, 5) is 9.60. The van der Waals surface area contributed by atoms with Crippen molar-refractivity contribution >= 4 is 5.82 Å². The van der Waals surface area contributed by atoms with E-state index in [1.54, 1.807) is 0 Å². The van der Waals surface area contributed by atoms with Crippen molar-refractivity contribution in [2.24, 2.45) is 11.8 Å². The van der Waals surface area contributed by atoms with Gasteiger partial charge >= 0.3 is 0 Å². The Labute approximate surface area is 163 Å². The molecule has 2 aliphatic rings. The summed E-state index contributed by atoms with van der Waals surface area (Å²) in [6, 6.07) is 6.21. The lowest BCUT2D eigenvalue weighted by Gasteiger charge is -2.37. The van der Waals surface area contributed by atoms with Crippen molar-refractivity contribution in [1.29, 1.82) is 0 Å². The van der Waals surface area contributed by atoms with Crippen molar-refractivity contribution in [3.05, 3.63) is 24.4 Å². The third-order valence-electron chi connectivity index (χ3n) is 4.98. The third kappa shape index (κ3) is 9.02. The number of nitrogens with zero attached hydrogens (tertiary/aromatic N) is 3. The van der Waals surface area contributed by atoms with Crippen molar-refractivity contribution in [3.63, 3.8) is 0 Å². The van der Waals surface area contributed by atoms with Gasteiger partial charge in [-0.25, -0.2) is 4.98 Å². The smallest absolute Gasteiger partial charge is 0.128 e. The zero-order chi connectivity index (χ0) is 19.2. The molecule has 1 aromatic heterocycles. The predicted molar refractivity (Wildman–Crippen MR) is 116 cm³/mol. The molecule has 2 aliphatic heterocycles. The molecular weight excluding hydrogens is 318 g/mol. The molecule has 0 aromatic carbocycles. The molecule has 0 radical (unpaired) electrons. The normalized spacial score (nSPS) is 19.2. The van der Waals surface area contributed by atoms with Crippen LogP contribution in [0.15, 0.2) is 24.4 Å². The van der Waals surface area contributed by atoms with Gasteiger partial charge in [-0.15, -0.1) is 0 Å². The fraction of sp³-hybridized carbons (Fsp3) is 0.783. The van der Waals surface area contributed by atoms with Crippen LogP contribution < -0.4 is 4.90 Å². The molecule has 2 fully saturated rings. The Morgan fingerprint density at radius 2 is 1.46 bits per heavy atom. The molecule has 0 atom stereocenters. The number of rotatable bonds is 3. The van der Waals surface area contributed by atoms with E-state index in [2.05, 4.69) is 61.5 Å². The Balaban J connectivity index is 0.000000499. The second-order valence-corrected chi connectivity index (χ2v) is 8.02. The van der Waals surface area contributed by atoms with Crippen LogP contribution in [-0.4, -0.2) is 42.6 Å². The monoisotopic (exact) mass is 361 g/mol. The van der Waals surface area contributed by atoms with E-state index in [9.17, 15) is 0 Å². The topological polar surface area (TPSA) is 19.4 Å². The van der Waals surface area contributed by atoms with Gasteiger partial charge < -0.3 is 9.80 Å². The number of aromatic nitrogens is 1.